The van der Waals surface area contributed by atoms with Crippen molar-refractivity contribution in [2.24, 2.45) is 5.92 Å². The van der Waals surface area contributed by atoms with Gasteiger partial charge in [0.25, 0.3) is 0 Å². The highest BCUT2D eigenvalue weighted by atomic mass is 16.3. The second-order valence-corrected chi connectivity index (χ2v) is 5.02. The maximum Gasteiger partial charge on any atom is 0.157 e. The monoisotopic (exact) mass is 256 g/mol. The summed E-state index contributed by atoms with van der Waals surface area (Å²) in [6, 6.07) is 15.4. The van der Waals surface area contributed by atoms with Crippen LogP contribution >= 0.6 is 0 Å². The summed E-state index contributed by atoms with van der Waals surface area (Å²) in [4.78, 5) is 0. The van der Waals surface area contributed by atoms with Crippen LogP contribution in [0, 0.1) is 5.92 Å². The number of hydrogen-bond donors (Lipinski definition) is 2. The van der Waals surface area contributed by atoms with Crippen molar-refractivity contribution in [2.45, 2.75) is 26.2 Å². The first-order valence-corrected chi connectivity index (χ1v) is 6.70. The molecule has 0 fully saturated rings. The molecule has 2 atom stereocenters. The molecule has 0 aliphatic carbocycles. The van der Waals surface area contributed by atoms with Gasteiger partial charge in [-0.15, -0.1) is 0 Å². The molecule has 0 saturated heterocycles. The Hall–Kier alpha value is -1.96. The minimum atomic E-state index is -0.0697. The second kappa shape index (κ2) is 5.79. The van der Waals surface area contributed by atoms with E-state index in [1.165, 1.54) is 5.56 Å². The van der Waals surface area contributed by atoms with Gasteiger partial charge in [0, 0.05) is 5.92 Å². The van der Waals surface area contributed by atoms with Crippen molar-refractivity contribution in [2.75, 3.05) is 0 Å². The van der Waals surface area contributed by atoms with Crippen LogP contribution in [0.25, 0.3) is 0 Å². The van der Waals surface area contributed by atoms with E-state index in [-0.39, 0.29) is 17.4 Å². The van der Waals surface area contributed by atoms with Crippen molar-refractivity contribution in [3.8, 4) is 11.5 Å². The average molecular weight is 256 g/mol. The number of phenols is 2. The van der Waals surface area contributed by atoms with Crippen LogP contribution in [-0.2, 0) is 0 Å². The van der Waals surface area contributed by atoms with Crippen LogP contribution in [0.1, 0.15) is 37.3 Å². The average Bonchev–Trinajstić information content (AvgIpc) is 2.44. The second-order valence-electron chi connectivity index (χ2n) is 5.02. The zero-order valence-electron chi connectivity index (χ0n) is 11.4. The fourth-order valence-corrected chi connectivity index (χ4v) is 2.48. The molecule has 0 aliphatic rings. The smallest absolute Gasteiger partial charge is 0.157 e. The summed E-state index contributed by atoms with van der Waals surface area (Å²) in [6.45, 7) is 4.38. The van der Waals surface area contributed by atoms with Crippen LogP contribution in [0.3, 0.4) is 0 Å². The van der Waals surface area contributed by atoms with E-state index in [1.807, 2.05) is 24.3 Å². The predicted octanol–water partition coefficient (Wildman–Crippen LogP) is 4.28. The summed E-state index contributed by atoms with van der Waals surface area (Å²) >= 11 is 0. The molecule has 2 heteroatoms. The normalized spacial score (nSPS) is 14.0. The molecular weight excluding hydrogens is 236 g/mol. The molecule has 100 valence electrons. The van der Waals surface area contributed by atoms with Crippen molar-refractivity contribution >= 4 is 0 Å². The Morgan fingerprint density at radius 3 is 2.16 bits per heavy atom. The summed E-state index contributed by atoms with van der Waals surface area (Å²) in [5, 5.41) is 19.1. The van der Waals surface area contributed by atoms with Crippen LogP contribution in [0.5, 0.6) is 11.5 Å². The van der Waals surface area contributed by atoms with Gasteiger partial charge in [0.2, 0.25) is 0 Å². The van der Waals surface area contributed by atoms with E-state index < -0.39 is 0 Å². The van der Waals surface area contributed by atoms with Gasteiger partial charge in [0.1, 0.15) is 0 Å². The highest BCUT2D eigenvalue weighted by molar-refractivity contribution is 5.44. The molecule has 2 unspecified atom stereocenters. The molecule has 2 nitrogen and oxygen atoms in total. The number of benzene rings is 2. The summed E-state index contributed by atoms with van der Waals surface area (Å²) in [5.41, 5.74) is 2.28. The van der Waals surface area contributed by atoms with Crippen LogP contribution in [0.4, 0.5) is 0 Å². The van der Waals surface area contributed by atoms with Crippen LogP contribution in [0.15, 0.2) is 48.5 Å². The lowest BCUT2D eigenvalue weighted by atomic mass is 9.80. The first-order valence-electron chi connectivity index (χ1n) is 6.70. The van der Waals surface area contributed by atoms with Crippen molar-refractivity contribution in [1.29, 1.82) is 0 Å². The first kappa shape index (κ1) is 13.5. The molecule has 0 radical (unpaired) electrons. The van der Waals surface area contributed by atoms with E-state index >= 15 is 0 Å². The minimum absolute atomic E-state index is 0.0539. The van der Waals surface area contributed by atoms with E-state index in [0.29, 0.717) is 5.92 Å². The Labute approximate surface area is 114 Å². The molecule has 2 aromatic carbocycles. The highest BCUT2D eigenvalue weighted by Crippen LogP contribution is 2.37. The molecule has 2 rings (SSSR count). The van der Waals surface area contributed by atoms with Gasteiger partial charge in [-0.25, -0.2) is 0 Å². The molecule has 19 heavy (non-hydrogen) atoms. The number of hydrogen-bond acceptors (Lipinski definition) is 2. The maximum atomic E-state index is 9.70. The third-order valence-electron chi connectivity index (χ3n) is 3.73. The zero-order chi connectivity index (χ0) is 13.8. The Bertz CT molecular complexity index is 534. The Kier molecular flexibility index (Phi) is 4.10. The Morgan fingerprint density at radius 2 is 1.58 bits per heavy atom. The minimum Gasteiger partial charge on any atom is -0.504 e. The fraction of sp³-hybridized carbons (Fsp3) is 0.294. The molecule has 0 saturated carbocycles. The zero-order valence-corrected chi connectivity index (χ0v) is 11.4. The topological polar surface area (TPSA) is 40.5 Å². The SMILES string of the molecule is CCC(C)C(c1ccccc1)c1ccc(O)c(O)c1. The van der Waals surface area contributed by atoms with Crippen molar-refractivity contribution in [3.63, 3.8) is 0 Å². The van der Waals surface area contributed by atoms with Crippen LogP contribution in [-0.4, -0.2) is 10.2 Å². The number of phenolic OH excluding ortho intramolecular Hbond substituents is 2. The lowest BCUT2D eigenvalue weighted by Crippen LogP contribution is -2.10. The lowest BCUT2D eigenvalue weighted by molar-refractivity contribution is 0.401. The van der Waals surface area contributed by atoms with Gasteiger partial charge < -0.3 is 10.2 Å². The molecule has 2 aromatic rings. The fourth-order valence-electron chi connectivity index (χ4n) is 2.48. The Morgan fingerprint density at radius 1 is 0.895 bits per heavy atom. The van der Waals surface area contributed by atoms with Gasteiger partial charge in [0.05, 0.1) is 0 Å². The summed E-state index contributed by atoms with van der Waals surface area (Å²) < 4.78 is 0. The van der Waals surface area contributed by atoms with Gasteiger partial charge in [-0.1, -0.05) is 56.7 Å². The first-order chi connectivity index (χ1) is 9.13. The van der Waals surface area contributed by atoms with Crippen LogP contribution in [0.2, 0.25) is 0 Å². The maximum absolute atomic E-state index is 9.70. The van der Waals surface area contributed by atoms with Crippen molar-refractivity contribution < 1.29 is 10.2 Å². The summed E-state index contributed by atoms with van der Waals surface area (Å²) in [7, 11) is 0. The number of rotatable bonds is 4. The van der Waals surface area contributed by atoms with Crippen molar-refractivity contribution in [3.05, 3.63) is 59.7 Å². The van der Waals surface area contributed by atoms with Gasteiger partial charge in [-0.05, 0) is 29.2 Å². The molecule has 2 N–H and O–H groups in total. The molecule has 0 bridgehead atoms. The summed E-state index contributed by atoms with van der Waals surface area (Å²) in [6.07, 6.45) is 1.06. The van der Waals surface area contributed by atoms with Gasteiger partial charge in [-0.3, -0.25) is 0 Å². The molecule has 0 spiro atoms. The van der Waals surface area contributed by atoms with E-state index in [1.54, 1.807) is 12.1 Å². The molecular formula is C17H20O2. The van der Waals surface area contributed by atoms with Gasteiger partial charge in [-0.2, -0.15) is 0 Å². The van der Waals surface area contributed by atoms with Gasteiger partial charge >= 0.3 is 0 Å². The van der Waals surface area contributed by atoms with Gasteiger partial charge in [0.15, 0.2) is 11.5 Å². The quantitative estimate of drug-likeness (QED) is 0.802. The molecule has 0 amide bonds. The molecule has 0 heterocycles. The number of aromatic hydroxyl groups is 2. The standard InChI is InChI=1S/C17H20O2/c1-3-12(2)17(13-7-5-4-6-8-13)14-9-10-15(18)16(19)11-14/h4-12,17-19H,3H2,1-2H3. The predicted molar refractivity (Wildman–Crippen MR) is 77.5 cm³/mol. The third kappa shape index (κ3) is 2.90. The largest absolute Gasteiger partial charge is 0.504 e. The molecule has 0 aliphatic heterocycles. The lowest BCUT2D eigenvalue weighted by Gasteiger charge is -2.24. The van der Waals surface area contributed by atoms with E-state index in [9.17, 15) is 10.2 Å². The van der Waals surface area contributed by atoms with E-state index in [2.05, 4.69) is 26.0 Å². The molecule has 0 aromatic heterocycles. The Balaban J connectivity index is 2.46. The van der Waals surface area contributed by atoms with Crippen molar-refractivity contribution in [1.82, 2.24) is 0 Å². The third-order valence-corrected chi connectivity index (χ3v) is 3.73. The highest BCUT2D eigenvalue weighted by Gasteiger charge is 2.20. The summed E-state index contributed by atoms with van der Waals surface area (Å²) in [5.74, 6) is 0.575. The van der Waals surface area contributed by atoms with E-state index in [4.69, 9.17) is 0 Å². The van der Waals surface area contributed by atoms with Crippen LogP contribution < -0.4 is 0 Å². The van der Waals surface area contributed by atoms with E-state index in [0.717, 1.165) is 12.0 Å².